The number of thioether (sulfide) groups is 1. The third-order valence-corrected chi connectivity index (χ3v) is 6.00. The van der Waals surface area contributed by atoms with E-state index < -0.39 is 6.61 Å². The molecule has 4 aromatic rings. The van der Waals surface area contributed by atoms with Crippen molar-refractivity contribution in [2.24, 2.45) is 0 Å². The van der Waals surface area contributed by atoms with E-state index >= 15 is 0 Å². The van der Waals surface area contributed by atoms with E-state index in [0.717, 1.165) is 16.8 Å². The number of carbonyl (C=O) groups excluding carboxylic acids is 1. The minimum atomic E-state index is -2.91. The lowest BCUT2D eigenvalue weighted by molar-refractivity contribution is -0.113. The Labute approximate surface area is 204 Å². The van der Waals surface area contributed by atoms with Gasteiger partial charge >= 0.3 is 6.61 Å². The van der Waals surface area contributed by atoms with Crippen LogP contribution < -0.4 is 10.1 Å². The van der Waals surface area contributed by atoms with Gasteiger partial charge in [-0.25, -0.2) is 0 Å². The highest BCUT2D eigenvalue weighted by Crippen LogP contribution is 2.33. The molecular formula is C25H22F2N4O3S. The minimum Gasteiger partial charge on any atom is -0.507 e. The van der Waals surface area contributed by atoms with Gasteiger partial charge in [-0.1, -0.05) is 41.6 Å². The zero-order valence-corrected chi connectivity index (χ0v) is 19.7. The van der Waals surface area contributed by atoms with Gasteiger partial charge in [-0.3, -0.25) is 9.36 Å². The quantitative estimate of drug-likeness (QED) is 0.309. The van der Waals surface area contributed by atoms with E-state index in [1.54, 1.807) is 24.3 Å². The van der Waals surface area contributed by atoms with Crippen LogP contribution in [-0.4, -0.2) is 38.1 Å². The molecule has 7 nitrogen and oxygen atoms in total. The van der Waals surface area contributed by atoms with Gasteiger partial charge in [-0.15, -0.1) is 10.2 Å². The summed E-state index contributed by atoms with van der Waals surface area (Å²) in [5.41, 5.74) is 3.88. The maximum atomic E-state index is 12.6. The Morgan fingerprint density at radius 3 is 2.51 bits per heavy atom. The highest BCUT2D eigenvalue weighted by molar-refractivity contribution is 7.99. The number of amides is 1. The number of anilines is 1. The molecule has 0 atom stereocenters. The van der Waals surface area contributed by atoms with Crippen molar-refractivity contribution < 1.29 is 23.4 Å². The Kier molecular flexibility index (Phi) is 7.31. The number of rotatable bonds is 8. The molecule has 10 heteroatoms. The summed E-state index contributed by atoms with van der Waals surface area (Å²) in [5, 5.41) is 22.2. The maximum Gasteiger partial charge on any atom is 0.387 e. The summed E-state index contributed by atoms with van der Waals surface area (Å²) in [6, 6.07) is 18.5. The summed E-state index contributed by atoms with van der Waals surface area (Å²) < 4.78 is 30.7. The number of para-hydroxylation sites is 1. The minimum absolute atomic E-state index is 0.00522. The molecule has 180 valence electrons. The molecule has 0 aliphatic carbocycles. The van der Waals surface area contributed by atoms with Crippen LogP contribution in [0, 0.1) is 13.8 Å². The van der Waals surface area contributed by atoms with E-state index in [4.69, 9.17) is 0 Å². The Morgan fingerprint density at radius 2 is 1.83 bits per heavy atom. The van der Waals surface area contributed by atoms with Gasteiger partial charge in [0.1, 0.15) is 11.5 Å². The Balaban J connectivity index is 1.57. The zero-order valence-electron chi connectivity index (χ0n) is 18.9. The number of alkyl halides is 2. The van der Waals surface area contributed by atoms with E-state index in [1.165, 1.54) is 36.0 Å². The normalized spacial score (nSPS) is 11.0. The summed E-state index contributed by atoms with van der Waals surface area (Å²) in [4.78, 5) is 12.6. The van der Waals surface area contributed by atoms with Crippen molar-refractivity contribution in [1.29, 1.82) is 0 Å². The van der Waals surface area contributed by atoms with E-state index in [0.29, 0.717) is 22.2 Å². The summed E-state index contributed by atoms with van der Waals surface area (Å²) in [6.07, 6.45) is 0. The number of benzene rings is 3. The number of hydrogen-bond acceptors (Lipinski definition) is 6. The van der Waals surface area contributed by atoms with Crippen molar-refractivity contribution in [3.05, 3.63) is 77.9 Å². The summed E-state index contributed by atoms with van der Waals surface area (Å²) in [6.45, 7) is 1.06. The van der Waals surface area contributed by atoms with Gasteiger partial charge in [0.15, 0.2) is 11.0 Å². The third-order valence-electron chi connectivity index (χ3n) is 5.07. The number of halogens is 2. The molecule has 0 fully saturated rings. The fourth-order valence-electron chi connectivity index (χ4n) is 3.52. The molecule has 2 N–H and O–H groups in total. The molecule has 1 aromatic heterocycles. The molecule has 0 aliphatic heterocycles. The topological polar surface area (TPSA) is 89.3 Å². The molecule has 0 saturated carbocycles. The SMILES string of the molecule is Cc1ccc(-n2c(SCC(=O)Nc3ccc(OC(F)F)cc3)nnc2-c2ccccc2O)c(C)c1. The fraction of sp³-hybridized carbons (Fsp3) is 0.160. The first kappa shape index (κ1) is 24.2. The molecular weight excluding hydrogens is 474 g/mol. The summed E-state index contributed by atoms with van der Waals surface area (Å²) >= 11 is 1.19. The molecule has 0 radical (unpaired) electrons. The van der Waals surface area contributed by atoms with E-state index in [-0.39, 0.29) is 23.2 Å². The van der Waals surface area contributed by atoms with E-state index in [9.17, 15) is 18.7 Å². The van der Waals surface area contributed by atoms with Crippen molar-refractivity contribution in [2.45, 2.75) is 25.6 Å². The molecule has 0 aliphatic rings. The number of nitrogens with zero attached hydrogens (tertiary/aromatic N) is 3. The summed E-state index contributed by atoms with van der Waals surface area (Å²) in [5.74, 6) is 0.244. The van der Waals surface area contributed by atoms with Crippen LogP contribution in [0.15, 0.2) is 71.9 Å². The first-order valence-electron chi connectivity index (χ1n) is 10.6. The highest BCUT2D eigenvalue weighted by Gasteiger charge is 2.20. The lowest BCUT2D eigenvalue weighted by Crippen LogP contribution is -2.14. The van der Waals surface area contributed by atoms with Gasteiger partial charge < -0.3 is 15.2 Å². The average Bonchev–Trinajstić information content (AvgIpc) is 3.22. The van der Waals surface area contributed by atoms with Crippen molar-refractivity contribution >= 4 is 23.4 Å². The third kappa shape index (κ3) is 5.78. The first-order chi connectivity index (χ1) is 16.8. The van der Waals surface area contributed by atoms with Crippen molar-refractivity contribution in [3.63, 3.8) is 0 Å². The van der Waals surface area contributed by atoms with Crippen LogP contribution in [0.3, 0.4) is 0 Å². The number of carbonyl (C=O) groups is 1. The number of ether oxygens (including phenoxy) is 1. The van der Waals surface area contributed by atoms with Gasteiger partial charge in [0.25, 0.3) is 0 Å². The van der Waals surface area contributed by atoms with Crippen molar-refractivity contribution in [3.8, 4) is 28.6 Å². The number of phenolic OH excluding ortho intramolecular Hbond substituents is 1. The predicted molar refractivity (Wildman–Crippen MR) is 130 cm³/mol. The van der Waals surface area contributed by atoms with E-state index in [1.807, 2.05) is 36.6 Å². The Bertz CT molecular complexity index is 1340. The standard InChI is InChI=1S/C25H22F2N4O3S/c1-15-7-12-20(16(2)13-15)31-23(19-5-3-4-6-21(19)32)29-30-25(31)35-14-22(33)28-17-8-10-18(11-9-17)34-24(26)27/h3-13,24,32H,14H2,1-2H3,(H,28,33). The van der Waals surface area contributed by atoms with Crippen LogP contribution in [0.1, 0.15) is 11.1 Å². The molecule has 35 heavy (non-hydrogen) atoms. The van der Waals surface area contributed by atoms with Gasteiger partial charge in [0.2, 0.25) is 5.91 Å². The fourth-order valence-corrected chi connectivity index (χ4v) is 4.27. The van der Waals surface area contributed by atoms with Crippen LogP contribution in [0.25, 0.3) is 17.1 Å². The van der Waals surface area contributed by atoms with Gasteiger partial charge in [0.05, 0.1) is 17.0 Å². The molecule has 1 amide bonds. The predicted octanol–water partition coefficient (Wildman–Crippen LogP) is 5.59. The van der Waals surface area contributed by atoms with Crippen LogP contribution in [0.5, 0.6) is 11.5 Å². The monoisotopic (exact) mass is 496 g/mol. The molecule has 0 spiro atoms. The van der Waals surface area contributed by atoms with Crippen LogP contribution in [0.2, 0.25) is 0 Å². The van der Waals surface area contributed by atoms with Crippen LogP contribution in [0.4, 0.5) is 14.5 Å². The Hall–Kier alpha value is -3.92. The largest absolute Gasteiger partial charge is 0.507 e. The molecule has 4 rings (SSSR count). The Morgan fingerprint density at radius 1 is 1.09 bits per heavy atom. The molecule has 0 bridgehead atoms. The number of hydrogen-bond donors (Lipinski definition) is 2. The van der Waals surface area contributed by atoms with Crippen molar-refractivity contribution in [1.82, 2.24) is 14.8 Å². The second-order valence-electron chi connectivity index (χ2n) is 7.69. The highest BCUT2D eigenvalue weighted by atomic mass is 32.2. The number of aromatic hydroxyl groups is 1. The van der Waals surface area contributed by atoms with E-state index in [2.05, 4.69) is 20.3 Å². The van der Waals surface area contributed by atoms with Crippen LogP contribution in [-0.2, 0) is 4.79 Å². The van der Waals surface area contributed by atoms with Gasteiger partial charge in [0, 0.05) is 5.69 Å². The number of nitrogens with one attached hydrogen (secondary N) is 1. The first-order valence-corrected chi connectivity index (χ1v) is 11.6. The van der Waals surface area contributed by atoms with Crippen LogP contribution >= 0.6 is 11.8 Å². The number of aryl methyl sites for hydroxylation is 2. The van der Waals surface area contributed by atoms with Crippen molar-refractivity contribution in [2.75, 3.05) is 11.1 Å². The number of phenols is 1. The summed E-state index contributed by atoms with van der Waals surface area (Å²) in [7, 11) is 0. The molecule has 0 unspecified atom stereocenters. The average molecular weight is 497 g/mol. The van der Waals surface area contributed by atoms with Gasteiger partial charge in [-0.2, -0.15) is 8.78 Å². The lowest BCUT2D eigenvalue weighted by Gasteiger charge is -2.14. The lowest BCUT2D eigenvalue weighted by atomic mass is 10.1. The molecule has 0 saturated heterocycles. The molecule has 1 heterocycles. The molecule has 3 aromatic carbocycles. The van der Waals surface area contributed by atoms with Gasteiger partial charge in [-0.05, 0) is 61.9 Å². The maximum absolute atomic E-state index is 12.6. The zero-order chi connectivity index (χ0) is 24.9. The second-order valence-corrected chi connectivity index (χ2v) is 8.63. The second kappa shape index (κ2) is 10.6. The number of aromatic nitrogens is 3. The smallest absolute Gasteiger partial charge is 0.387 e.